The normalized spacial score (nSPS) is 25.4. The lowest BCUT2D eigenvalue weighted by atomic mass is 9.84. The van der Waals surface area contributed by atoms with Crippen LogP contribution in [0.15, 0.2) is 106 Å². The van der Waals surface area contributed by atoms with E-state index in [2.05, 4.69) is 19.2 Å². The monoisotopic (exact) mass is 610 g/mol. The number of carbonyl (C=O) groups excluding carboxylic acids is 2. The number of hydrogen-bond donors (Lipinski definition) is 3. The third-order valence-corrected chi connectivity index (χ3v) is 9.78. The molecule has 0 spiro atoms. The van der Waals surface area contributed by atoms with E-state index in [-0.39, 0.29) is 36.6 Å². The quantitative estimate of drug-likeness (QED) is 0.359. The second kappa shape index (κ2) is 11.4. The van der Waals surface area contributed by atoms with Gasteiger partial charge in [-0.15, -0.1) is 0 Å². The molecule has 45 heavy (non-hydrogen) atoms. The second-order valence-corrected chi connectivity index (χ2v) is 12.0. The maximum absolute atomic E-state index is 13.3. The van der Waals surface area contributed by atoms with E-state index in [1.54, 1.807) is 0 Å². The molecule has 0 aromatic heterocycles. The highest BCUT2D eigenvalue weighted by Gasteiger charge is 2.49. The molecular formula is C35H38N4O6. The van der Waals surface area contributed by atoms with E-state index in [0.717, 1.165) is 51.4 Å². The Kier molecular flexibility index (Phi) is 7.72. The number of hydrogen-bond acceptors (Lipinski definition) is 10. The Labute approximate surface area is 262 Å². The van der Waals surface area contributed by atoms with Crippen molar-refractivity contribution in [2.45, 2.75) is 53.9 Å². The van der Waals surface area contributed by atoms with Crippen LogP contribution in [0.1, 0.15) is 53.9 Å². The Balaban J connectivity index is 1.65. The first-order chi connectivity index (χ1) is 21.5. The molecule has 10 heteroatoms. The van der Waals surface area contributed by atoms with Gasteiger partial charge in [0.15, 0.2) is 0 Å². The lowest BCUT2D eigenvalue weighted by Crippen LogP contribution is -2.25. The van der Waals surface area contributed by atoms with Crippen LogP contribution in [0.5, 0.6) is 0 Å². The lowest BCUT2D eigenvalue weighted by molar-refractivity contribution is -0.143. The zero-order valence-corrected chi connectivity index (χ0v) is 26.7. The predicted molar refractivity (Wildman–Crippen MR) is 171 cm³/mol. The maximum Gasteiger partial charge on any atom is 0.321 e. The van der Waals surface area contributed by atoms with E-state index >= 15 is 0 Å². The summed E-state index contributed by atoms with van der Waals surface area (Å²) in [6, 6.07) is 0. The maximum atomic E-state index is 13.3. The summed E-state index contributed by atoms with van der Waals surface area (Å²) in [6.45, 7) is 9.82. The van der Waals surface area contributed by atoms with Crippen LogP contribution >= 0.6 is 0 Å². The molecular weight excluding hydrogens is 572 g/mol. The predicted octanol–water partition coefficient (Wildman–Crippen LogP) is 5.00. The average Bonchev–Trinajstić information content (AvgIpc) is 3.76. The molecule has 0 aromatic carbocycles. The van der Waals surface area contributed by atoms with Crippen molar-refractivity contribution in [3.05, 3.63) is 91.5 Å². The summed E-state index contributed by atoms with van der Waals surface area (Å²) in [5.41, 5.74) is 11.1. The van der Waals surface area contributed by atoms with Gasteiger partial charge in [-0.1, -0.05) is 13.8 Å². The summed E-state index contributed by atoms with van der Waals surface area (Å²) in [6.07, 6.45) is 7.17. The van der Waals surface area contributed by atoms with Crippen molar-refractivity contribution in [3.8, 4) is 0 Å². The van der Waals surface area contributed by atoms with E-state index in [4.69, 9.17) is 24.5 Å². The molecule has 1 fully saturated rings. The van der Waals surface area contributed by atoms with Crippen LogP contribution < -0.4 is 5.32 Å². The first kappa shape index (κ1) is 30.5. The Hall–Kier alpha value is -4.57. The van der Waals surface area contributed by atoms with Gasteiger partial charge in [0, 0.05) is 46.4 Å². The molecule has 10 nitrogen and oxygen atoms in total. The van der Waals surface area contributed by atoms with E-state index < -0.39 is 11.9 Å². The smallest absolute Gasteiger partial charge is 0.321 e. The lowest BCUT2D eigenvalue weighted by Gasteiger charge is -2.20. The minimum Gasteiger partial charge on any atom is -0.510 e. The molecule has 0 saturated carbocycles. The summed E-state index contributed by atoms with van der Waals surface area (Å²) < 4.78 is 10.1. The largest absolute Gasteiger partial charge is 0.510 e. The molecule has 5 aliphatic heterocycles. The summed E-state index contributed by atoms with van der Waals surface area (Å²) in [4.78, 5) is 40.5. The standard InChI is InChI=1S/C35H38N4O6/c1-8-19-15(2)23-12-27-21(14-40)17(4)22(37-27)11-24-16(3)20(9-10-28(41)44-6)32(38-24)30-31(35(43)45-7)34(42)29-18(5)25(39-33(29)30)13-26(19)36-23/h11-13,16,20,31,38,40,42H,8-10,14H2,1-7H3/t16-,20-,31?/m0/s1. The topological polar surface area (TPSA) is 142 Å². The molecule has 1 aliphatic carbocycles. The van der Waals surface area contributed by atoms with Crippen molar-refractivity contribution in [3.63, 3.8) is 0 Å². The molecule has 3 atom stereocenters. The first-order valence-corrected chi connectivity index (χ1v) is 15.3. The Morgan fingerprint density at radius 2 is 1.60 bits per heavy atom. The highest BCUT2D eigenvalue weighted by atomic mass is 16.5. The number of esters is 2. The van der Waals surface area contributed by atoms with Gasteiger partial charge in [0.1, 0.15) is 11.7 Å². The average molecular weight is 611 g/mol. The van der Waals surface area contributed by atoms with E-state index in [1.165, 1.54) is 14.2 Å². The van der Waals surface area contributed by atoms with Crippen LogP contribution in [0.3, 0.4) is 0 Å². The van der Waals surface area contributed by atoms with Gasteiger partial charge in [-0.25, -0.2) is 15.0 Å². The molecule has 8 bridgehead atoms. The van der Waals surface area contributed by atoms with Crippen LogP contribution in [0, 0.1) is 17.8 Å². The zero-order valence-electron chi connectivity index (χ0n) is 26.7. The summed E-state index contributed by atoms with van der Waals surface area (Å²) in [5, 5.41) is 25.6. The fraction of sp³-hybridized carbons (Fsp3) is 0.400. The number of allylic oxidation sites excluding steroid dienone is 10. The molecule has 0 amide bonds. The fourth-order valence-electron chi connectivity index (χ4n) is 7.12. The first-order valence-electron chi connectivity index (χ1n) is 15.3. The molecule has 5 heterocycles. The van der Waals surface area contributed by atoms with Gasteiger partial charge in [0.2, 0.25) is 0 Å². The number of nitrogens with zero attached hydrogens (tertiary/aromatic N) is 3. The SMILES string of the molecule is CCC1=C(C)C2=NC1=CC1=C(C)C3=C(O)C(C(=O)OC)C(=C4NC(=CC5=NC(=C2)C(CO)=C5C)[C@@H](C)[C@@H]4CCC(=O)OC)C3=N1. The minimum absolute atomic E-state index is 0.106. The van der Waals surface area contributed by atoms with Crippen molar-refractivity contribution in [1.29, 1.82) is 0 Å². The van der Waals surface area contributed by atoms with Gasteiger partial charge in [-0.2, -0.15) is 0 Å². The summed E-state index contributed by atoms with van der Waals surface area (Å²) in [7, 11) is 2.66. The van der Waals surface area contributed by atoms with Gasteiger partial charge >= 0.3 is 11.9 Å². The molecule has 1 unspecified atom stereocenters. The van der Waals surface area contributed by atoms with E-state index in [0.29, 0.717) is 46.1 Å². The summed E-state index contributed by atoms with van der Waals surface area (Å²) in [5.74, 6) is -2.47. The second-order valence-electron chi connectivity index (χ2n) is 12.0. The number of carbonyl (C=O) groups is 2. The van der Waals surface area contributed by atoms with Gasteiger partial charge in [-0.05, 0) is 74.1 Å². The Bertz CT molecular complexity index is 1800. The van der Waals surface area contributed by atoms with Crippen LogP contribution in [0.25, 0.3) is 0 Å². The number of methoxy groups -OCH3 is 2. The summed E-state index contributed by atoms with van der Waals surface area (Å²) >= 11 is 0. The highest BCUT2D eigenvalue weighted by Crippen LogP contribution is 2.49. The van der Waals surface area contributed by atoms with Crippen LogP contribution in [0.4, 0.5) is 0 Å². The Morgan fingerprint density at radius 3 is 2.24 bits per heavy atom. The van der Waals surface area contributed by atoms with E-state index in [1.807, 2.05) is 39.0 Å². The number of fused-ring (bicyclic) bond motifs is 5. The third kappa shape index (κ3) is 4.70. The van der Waals surface area contributed by atoms with Gasteiger partial charge in [-0.3, -0.25) is 9.59 Å². The van der Waals surface area contributed by atoms with Crippen LogP contribution in [-0.2, 0) is 19.1 Å². The molecule has 0 aromatic rings. The molecule has 3 N–H and O–H groups in total. The minimum atomic E-state index is -1.08. The van der Waals surface area contributed by atoms with Crippen molar-refractivity contribution in [2.24, 2.45) is 32.7 Å². The Morgan fingerprint density at radius 1 is 0.933 bits per heavy atom. The van der Waals surface area contributed by atoms with Gasteiger partial charge < -0.3 is 25.0 Å². The number of nitrogens with one attached hydrogen (secondary N) is 1. The van der Waals surface area contributed by atoms with Gasteiger partial charge in [0.25, 0.3) is 0 Å². The fourth-order valence-corrected chi connectivity index (χ4v) is 7.12. The number of rotatable bonds is 6. The molecule has 6 aliphatic rings. The van der Waals surface area contributed by atoms with Crippen LogP contribution in [0.2, 0.25) is 0 Å². The molecule has 6 rings (SSSR count). The zero-order chi connectivity index (χ0) is 32.3. The van der Waals surface area contributed by atoms with Crippen molar-refractivity contribution >= 4 is 29.1 Å². The molecule has 234 valence electrons. The van der Waals surface area contributed by atoms with Crippen molar-refractivity contribution in [2.75, 3.05) is 20.8 Å². The molecule has 0 radical (unpaired) electrons. The number of aliphatic hydroxyl groups is 2. The number of aliphatic imine (C=N–C) groups is 3. The number of aliphatic hydroxyl groups excluding tert-OH is 2. The third-order valence-electron chi connectivity index (χ3n) is 9.78. The van der Waals surface area contributed by atoms with E-state index in [9.17, 15) is 19.8 Å². The molecule has 1 saturated heterocycles. The number of ether oxygens (including phenoxy) is 2. The van der Waals surface area contributed by atoms with Gasteiger partial charge in [0.05, 0.1) is 55.1 Å². The highest BCUT2D eigenvalue weighted by molar-refractivity contribution is 6.24. The van der Waals surface area contributed by atoms with Crippen molar-refractivity contribution < 1.29 is 29.3 Å². The van der Waals surface area contributed by atoms with Crippen molar-refractivity contribution in [1.82, 2.24) is 5.32 Å². The van der Waals surface area contributed by atoms with Crippen LogP contribution in [-0.4, -0.2) is 60.1 Å².